The van der Waals surface area contributed by atoms with Crippen molar-refractivity contribution in [2.45, 2.75) is 46.1 Å². The summed E-state index contributed by atoms with van der Waals surface area (Å²) in [5, 5.41) is 8.94. The number of carbonyl (C=O) groups is 1. The van der Waals surface area contributed by atoms with Crippen molar-refractivity contribution in [3.05, 3.63) is 29.8 Å². The predicted octanol–water partition coefficient (Wildman–Crippen LogP) is 3.69. The fourth-order valence-electron chi connectivity index (χ4n) is 1.99. The van der Waals surface area contributed by atoms with E-state index < -0.39 is 5.97 Å². The van der Waals surface area contributed by atoms with Crippen LogP contribution >= 0.6 is 0 Å². The van der Waals surface area contributed by atoms with Crippen LogP contribution in [-0.4, -0.2) is 17.2 Å². The zero-order valence-corrected chi connectivity index (χ0v) is 11.5. The summed E-state index contributed by atoms with van der Waals surface area (Å²) in [5.41, 5.74) is 1.06. The zero-order chi connectivity index (χ0) is 13.7. The molecule has 0 radical (unpaired) electrons. The average molecular weight is 250 g/mol. The minimum Gasteiger partial charge on any atom is -0.491 e. The Hall–Kier alpha value is -1.51. The highest BCUT2D eigenvalue weighted by Gasteiger charge is 2.19. The van der Waals surface area contributed by atoms with Crippen LogP contribution in [0.3, 0.4) is 0 Å². The van der Waals surface area contributed by atoms with Crippen LogP contribution in [0.5, 0.6) is 5.75 Å². The Morgan fingerprint density at radius 3 is 2.11 bits per heavy atom. The summed E-state index contributed by atoms with van der Waals surface area (Å²) >= 11 is 0. The van der Waals surface area contributed by atoms with Crippen molar-refractivity contribution >= 4 is 5.97 Å². The Kier molecular flexibility index (Phi) is 5.20. The number of hydrogen-bond donors (Lipinski definition) is 1. The summed E-state index contributed by atoms with van der Waals surface area (Å²) in [4.78, 5) is 10.9. The predicted molar refractivity (Wildman–Crippen MR) is 72.0 cm³/mol. The molecule has 100 valence electrons. The third kappa shape index (κ3) is 4.40. The van der Waals surface area contributed by atoms with Crippen LogP contribution in [-0.2, 0) is 4.79 Å². The lowest BCUT2D eigenvalue weighted by Crippen LogP contribution is -2.12. The second-order valence-corrected chi connectivity index (χ2v) is 5.18. The Bertz CT molecular complexity index is 379. The second-order valence-electron chi connectivity index (χ2n) is 5.18. The lowest BCUT2D eigenvalue weighted by molar-refractivity contribution is -0.137. The SMILES string of the molecule is CC(C)Oc1ccc([C@H](CC(=O)O)C(C)C)cc1. The number of hydrogen-bond acceptors (Lipinski definition) is 2. The van der Waals surface area contributed by atoms with Gasteiger partial charge in [0.25, 0.3) is 0 Å². The molecular weight excluding hydrogens is 228 g/mol. The van der Waals surface area contributed by atoms with Gasteiger partial charge < -0.3 is 9.84 Å². The monoisotopic (exact) mass is 250 g/mol. The Morgan fingerprint density at radius 2 is 1.72 bits per heavy atom. The molecule has 0 aromatic heterocycles. The molecule has 0 heterocycles. The van der Waals surface area contributed by atoms with E-state index >= 15 is 0 Å². The molecule has 0 bridgehead atoms. The highest BCUT2D eigenvalue weighted by Crippen LogP contribution is 2.29. The molecule has 0 unspecified atom stereocenters. The van der Waals surface area contributed by atoms with Gasteiger partial charge in [-0.05, 0) is 43.4 Å². The van der Waals surface area contributed by atoms with E-state index in [1.807, 2.05) is 52.0 Å². The normalized spacial score (nSPS) is 12.8. The van der Waals surface area contributed by atoms with E-state index in [1.54, 1.807) is 0 Å². The number of rotatable bonds is 6. The maximum atomic E-state index is 10.9. The molecule has 1 N–H and O–H groups in total. The molecule has 1 aromatic carbocycles. The van der Waals surface area contributed by atoms with Gasteiger partial charge in [-0.3, -0.25) is 4.79 Å². The van der Waals surface area contributed by atoms with E-state index in [-0.39, 0.29) is 18.4 Å². The molecule has 1 aromatic rings. The number of carboxylic acids is 1. The first-order chi connectivity index (χ1) is 8.40. The molecule has 0 saturated carbocycles. The molecule has 0 aliphatic heterocycles. The first-order valence-electron chi connectivity index (χ1n) is 6.38. The Labute approximate surface area is 109 Å². The number of aliphatic carboxylic acids is 1. The van der Waals surface area contributed by atoms with Crippen LogP contribution in [0.15, 0.2) is 24.3 Å². The third-order valence-corrected chi connectivity index (χ3v) is 2.88. The van der Waals surface area contributed by atoms with Crippen molar-refractivity contribution in [1.82, 2.24) is 0 Å². The topological polar surface area (TPSA) is 46.5 Å². The van der Waals surface area contributed by atoms with E-state index in [9.17, 15) is 4.79 Å². The summed E-state index contributed by atoms with van der Waals surface area (Å²) in [6.07, 6.45) is 0.318. The molecule has 1 atom stereocenters. The van der Waals surface area contributed by atoms with Crippen molar-refractivity contribution in [1.29, 1.82) is 0 Å². The van der Waals surface area contributed by atoms with Gasteiger partial charge in [-0.25, -0.2) is 0 Å². The van der Waals surface area contributed by atoms with Crippen LogP contribution in [0.1, 0.15) is 45.6 Å². The maximum absolute atomic E-state index is 10.9. The average Bonchev–Trinajstić information content (AvgIpc) is 2.26. The highest BCUT2D eigenvalue weighted by molar-refractivity contribution is 5.68. The summed E-state index contributed by atoms with van der Waals surface area (Å²) in [6.45, 7) is 8.06. The van der Waals surface area contributed by atoms with Gasteiger partial charge in [-0.1, -0.05) is 26.0 Å². The van der Waals surface area contributed by atoms with E-state index in [2.05, 4.69) is 0 Å². The summed E-state index contributed by atoms with van der Waals surface area (Å²) < 4.78 is 5.57. The molecular formula is C15H22O3. The van der Waals surface area contributed by atoms with Gasteiger partial charge in [0, 0.05) is 0 Å². The van der Waals surface area contributed by atoms with E-state index in [0.717, 1.165) is 11.3 Å². The van der Waals surface area contributed by atoms with Crippen LogP contribution < -0.4 is 4.74 Å². The molecule has 0 aliphatic rings. The largest absolute Gasteiger partial charge is 0.491 e. The number of carboxylic acid groups (broad SMARTS) is 1. The first kappa shape index (κ1) is 14.6. The molecule has 0 spiro atoms. The van der Waals surface area contributed by atoms with Gasteiger partial charge in [0.1, 0.15) is 5.75 Å². The van der Waals surface area contributed by atoms with E-state index in [0.29, 0.717) is 5.92 Å². The minimum atomic E-state index is -0.754. The van der Waals surface area contributed by atoms with Gasteiger partial charge in [0.15, 0.2) is 0 Å². The fraction of sp³-hybridized carbons (Fsp3) is 0.533. The standard InChI is InChI=1S/C15H22O3/c1-10(2)14(9-15(16)17)12-5-7-13(8-6-12)18-11(3)4/h5-8,10-11,14H,9H2,1-4H3,(H,16,17)/t14-/m1/s1. The lowest BCUT2D eigenvalue weighted by atomic mass is 9.86. The first-order valence-corrected chi connectivity index (χ1v) is 6.38. The summed E-state index contributed by atoms with van der Waals surface area (Å²) in [7, 11) is 0. The minimum absolute atomic E-state index is 0.0515. The van der Waals surface area contributed by atoms with Crippen LogP contribution in [0, 0.1) is 5.92 Å². The van der Waals surface area contributed by atoms with Crippen molar-refractivity contribution in [3.8, 4) is 5.75 Å². The second kappa shape index (κ2) is 6.43. The van der Waals surface area contributed by atoms with Crippen molar-refractivity contribution < 1.29 is 14.6 Å². The van der Waals surface area contributed by atoms with Gasteiger partial charge in [-0.15, -0.1) is 0 Å². The molecule has 0 fully saturated rings. The van der Waals surface area contributed by atoms with Gasteiger partial charge in [-0.2, -0.15) is 0 Å². The smallest absolute Gasteiger partial charge is 0.303 e. The molecule has 0 aliphatic carbocycles. The third-order valence-electron chi connectivity index (χ3n) is 2.88. The maximum Gasteiger partial charge on any atom is 0.303 e. The molecule has 0 amide bonds. The van der Waals surface area contributed by atoms with Gasteiger partial charge in [0.05, 0.1) is 12.5 Å². The molecule has 0 saturated heterocycles. The van der Waals surface area contributed by atoms with E-state index in [4.69, 9.17) is 9.84 Å². The Balaban J connectivity index is 2.83. The van der Waals surface area contributed by atoms with E-state index in [1.165, 1.54) is 0 Å². The number of benzene rings is 1. The fourth-order valence-corrected chi connectivity index (χ4v) is 1.99. The Morgan fingerprint density at radius 1 is 1.17 bits per heavy atom. The highest BCUT2D eigenvalue weighted by atomic mass is 16.5. The zero-order valence-electron chi connectivity index (χ0n) is 11.5. The molecule has 1 rings (SSSR count). The summed E-state index contributed by atoms with van der Waals surface area (Å²) in [5.74, 6) is 0.427. The summed E-state index contributed by atoms with van der Waals surface area (Å²) in [6, 6.07) is 7.75. The van der Waals surface area contributed by atoms with Crippen LogP contribution in [0.25, 0.3) is 0 Å². The lowest BCUT2D eigenvalue weighted by Gasteiger charge is -2.20. The van der Waals surface area contributed by atoms with Crippen LogP contribution in [0.2, 0.25) is 0 Å². The van der Waals surface area contributed by atoms with Crippen LogP contribution in [0.4, 0.5) is 0 Å². The van der Waals surface area contributed by atoms with Crippen molar-refractivity contribution in [2.24, 2.45) is 5.92 Å². The van der Waals surface area contributed by atoms with Crippen molar-refractivity contribution in [2.75, 3.05) is 0 Å². The van der Waals surface area contributed by atoms with Crippen molar-refractivity contribution in [3.63, 3.8) is 0 Å². The molecule has 3 heteroatoms. The molecule has 18 heavy (non-hydrogen) atoms. The van der Waals surface area contributed by atoms with Gasteiger partial charge in [0.2, 0.25) is 0 Å². The van der Waals surface area contributed by atoms with Gasteiger partial charge >= 0.3 is 5.97 Å². The number of ether oxygens (including phenoxy) is 1. The quantitative estimate of drug-likeness (QED) is 0.837. The molecule has 3 nitrogen and oxygen atoms in total.